The van der Waals surface area contributed by atoms with Crippen molar-refractivity contribution in [3.8, 4) is 5.75 Å². The van der Waals surface area contributed by atoms with Crippen LogP contribution in [-0.4, -0.2) is 11.7 Å². The van der Waals surface area contributed by atoms with Crippen LogP contribution in [0.2, 0.25) is 0 Å². The van der Waals surface area contributed by atoms with Crippen LogP contribution in [0.1, 0.15) is 20.8 Å². The predicted molar refractivity (Wildman–Crippen MR) is 78.3 cm³/mol. The van der Waals surface area contributed by atoms with Crippen LogP contribution in [0.5, 0.6) is 5.75 Å². The van der Waals surface area contributed by atoms with Gasteiger partial charge < -0.3 is 9.47 Å². The Hall–Kier alpha value is -1.71. The number of halogens is 1. The van der Waals surface area contributed by atoms with Crippen molar-refractivity contribution in [3.05, 3.63) is 41.2 Å². The molecule has 0 aliphatic heterocycles. The topological polar surface area (TPSA) is 47.6 Å². The highest BCUT2D eigenvalue weighted by molar-refractivity contribution is 9.10. The molecule has 102 valence electrons. The fourth-order valence-corrected chi connectivity index (χ4v) is 1.58. The molecular weight excluding hydrogens is 310 g/mol. The average Bonchev–Trinajstić information content (AvgIpc) is 2.25. The van der Waals surface area contributed by atoms with E-state index in [0.29, 0.717) is 11.4 Å². The van der Waals surface area contributed by atoms with Gasteiger partial charge in [0.05, 0.1) is 5.69 Å². The Morgan fingerprint density at radius 2 is 2.16 bits per heavy atom. The first-order valence-electron chi connectivity index (χ1n) is 5.62. The Bertz CT molecular complexity index is 514. The van der Waals surface area contributed by atoms with Crippen LogP contribution >= 0.6 is 15.9 Å². The van der Waals surface area contributed by atoms with E-state index in [-0.39, 0.29) is 0 Å². The van der Waals surface area contributed by atoms with Crippen LogP contribution in [0.25, 0.3) is 0 Å². The highest BCUT2D eigenvalue weighted by Crippen LogP contribution is 2.28. The second-order valence-electron chi connectivity index (χ2n) is 4.71. The number of nitrogens with one attached hydrogen (secondary N) is 1. The molecule has 19 heavy (non-hydrogen) atoms. The molecule has 1 aromatic rings. The van der Waals surface area contributed by atoms with E-state index < -0.39 is 11.7 Å². The minimum Gasteiger partial charge on any atom is -0.455 e. The first kappa shape index (κ1) is 15.3. The molecule has 0 fully saturated rings. The number of ether oxygens (including phenoxy) is 2. The van der Waals surface area contributed by atoms with E-state index in [1.54, 1.807) is 39.0 Å². The van der Waals surface area contributed by atoms with Crippen molar-refractivity contribution in [2.24, 2.45) is 0 Å². The molecule has 1 N–H and O–H groups in total. The van der Waals surface area contributed by atoms with Gasteiger partial charge in [-0.15, -0.1) is 0 Å². The predicted octanol–water partition coefficient (Wildman–Crippen LogP) is 4.47. The van der Waals surface area contributed by atoms with Crippen LogP contribution in [0.15, 0.2) is 41.2 Å². The molecule has 0 spiro atoms. The zero-order valence-corrected chi connectivity index (χ0v) is 12.7. The summed E-state index contributed by atoms with van der Waals surface area (Å²) in [6.07, 6.45) is 0.766. The number of amides is 1. The van der Waals surface area contributed by atoms with E-state index >= 15 is 0 Å². The van der Waals surface area contributed by atoms with E-state index in [0.717, 1.165) is 4.47 Å². The van der Waals surface area contributed by atoms with E-state index in [9.17, 15) is 4.79 Å². The smallest absolute Gasteiger partial charge is 0.412 e. The maximum absolute atomic E-state index is 11.7. The maximum Gasteiger partial charge on any atom is 0.412 e. The summed E-state index contributed by atoms with van der Waals surface area (Å²) in [5.41, 5.74) is 2.43. The normalized spacial score (nSPS) is 10.3. The molecule has 0 heterocycles. The van der Waals surface area contributed by atoms with Crippen molar-refractivity contribution in [1.29, 1.82) is 0 Å². The highest BCUT2D eigenvalue weighted by atomic mass is 79.9. The van der Waals surface area contributed by atoms with Crippen LogP contribution in [0.4, 0.5) is 10.5 Å². The number of hydrogen-bond acceptors (Lipinski definition) is 3. The number of carbonyl (C=O) groups is 1. The zero-order valence-electron chi connectivity index (χ0n) is 11.1. The monoisotopic (exact) mass is 325 g/mol. The van der Waals surface area contributed by atoms with Crippen molar-refractivity contribution >= 4 is 27.7 Å². The summed E-state index contributed by atoms with van der Waals surface area (Å²) in [6.45, 7) is 8.80. The summed E-state index contributed by atoms with van der Waals surface area (Å²) in [5, 5.41) is 2.63. The van der Waals surface area contributed by atoms with Gasteiger partial charge in [-0.3, -0.25) is 5.32 Å². The standard InChI is InChI=1S/C14H16BrNO3/c1-5-8-18-12-7-6-10(15)9-11(12)16-13(17)19-14(2,3)4/h6-9H,1H2,2-4H3,(H,16,17). The summed E-state index contributed by atoms with van der Waals surface area (Å²) < 4.78 is 11.3. The Kier molecular flexibility index (Phi) is 5.21. The first-order chi connectivity index (χ1) is 8.81. The molecule has 0 radical (unpaired) electrons. The molecule has 5 heteroatoms. The highest BCUT2D eigenvalue weighted by Gasteiger charge is 2.17. The molecule has 0 saturated heterocycles. The Morgan fingerprint density at radius 1 is 1.47 bits per heavy atom. The van der Waals surface area contributed by atoms with E-state index in [1.807, 2.05) is 0 Å². The molecule has 1 rings (SSSR count). The molecule has 0 unspecified atom stereocenters. The molecule has 0 aliphatic rings. The lowest BCUT2D eigenvalue weighted by Gasteiger charge is -2.20. The van der Waals surface area contributed by atoms with Gasteiger partial charge in [-0.2, -0.15) is 0 Å². The molecule has 1 amide bonds. The molecule has 4 nitrogen and oxygen atoms in total. The molecule has 1 aromatic carbocycles. The fourth-order valence-electron chi connectivity index (χ4n) is 1.22. The number of benzene rings is 1. The van der Waals surface area contributed by atoms with Crippen molar-refractivity contribution in [1.82, 2.24) is 0 Å². The molecule has 0 saturated carbocycles. The van der Waals surface area contributed by atoms with E-state index in [2.05, 4.69) is 33.6 Å². The molecule has 0 atom stereocenters. The lowest BCUT2D eigenvalue weighted by Crippen LogP contribution is -2.27. The van der Waals surface area contributed by atoms with Gasteiger partial charge in [-0.1, -0.05) is 28.2 Å². The molecule has 0 aliphatic carbocycles. The zero-order chi connectivity index (χ0) is 14.5. The summed E-state index contributed by atoms with van der Waals surface area (Å²) in [4.78, 5) is 11.7. The van der Waals surface area contributed by atoms with Crippen molar-refractivity contribution in [2.45, 2.75) is 26.4 Å². The van der Waals surface area contributed by atoms with Gasteiger partial charge in [0, 0.05) is 4.47 Å². The number of rotatable bonds is 3. The third kappa shape index (κ3) is 5.64. The van der Waals surface area contributed by atoms with Crippen molar-refractivity contribution in [2.75, 3.05) is 5.32 Å². The largest absolute Gasteiger partial charge is 0.455 e. The number of anilines is 1. The minimum atomic E-state index is -0.557. The lowest BCUT2D eigenvalue weighted by atomic mass is 10.2. The van der Waals surface area contributed by atoms with Crippen molar-refractivity contribution in [3.63, 3.8) is 0 Å². The van der Waals surface area contributed by atoms with Gasteiger partial charge in [0.1, 0.15) is 11.9 Å². The first-order valence-corrected chi connectivity index (χ1v) is 6.41. The Balaban J connectivity index is 2.89. The van der Waals surface area contributed by atoms with Gasteiger partial charge in [0.15, 0.2) is 5.75 Å². The van der Waals surface area contributed by atoms with Crippen molar-refractivity contribution < 1.29 is 14.3 Å². The van der Waals surface area contributed by atoms with Gasteiger partial charge in [-0.25, -0.2) is 4.79 Å². The summed E-state index contributed by atoms with van der Waals surface area (Å²) in [7, 11) is 0. The Morgan fingerprint density at radius 3 is 2.74 bits per heavy atom. The summed E-state index contributed by atoms with van der Waals surface area (Å²) >= 11 is 3.33. The van der Waals surface area contributed by atoms with E-state index in [1.165, 1.54) is 6.26 Å². The Labute approximate surface area is 121 Å². The van der Waals surface area contributed by atoms with Gasteiger partial charge in [-0.05, 0) is 39.0 Å². The van der Waals surface area contributed by atoms with Crippen LogP contribution in [0.3, 0.4) is 0 Å². The van der Waals surface area contributed by atoms with Crippen LogP contribution in [-0.2, 0) is 4.74 Å². The molecule has 0 bridgehead atoms. The van der Waals surface area contributed by atoms with Gasteiger partial charge >= 0.3 is 6.09 Å². The number of hydrogen-bond donors (Lipinski definition) is 1. The van der Waals surface area contributed by atoms with E-state index in [4.69, 9.17) is 9.47 Å². The van der Waals surface area contributed by atoms with Crippen LogP contribution in [0, 0.1) is 0 Å². The summed E-state index contributed by atoms with van der Waals surface area (Å²) in [5.74, 6) is 0.477. The van der Waals surface area contributed by atoms with Crippen LogP contribution < -0.4 is 10.1 Å². The lowest BCUT2D eigenvalue weighted by molar-refractivity contribution is 0.0635. The average molecular weight is 326 g/mol. The van der Waals surface area contributed by atoms with Gasteiger partial charge in [0.25, 0.3) is 0 Å². The number of carbonyl (C=O) groups excluding carboxylic acids is 1. The quantitative estimate of drug-likeness (QED) is 0.658. The third-order valence-corrected chi connectivity index (χ3v) is 2.34. The molecule has 0 aromatic heterocycles. The summed E-state index contributed by atoms with van der Waals surface area (Å²) in [6, 6.07) is 5.23. The SMILES string of the molecule is C=C=COc1ccc(Br)cc1NC(=O)OC(C)(C)C. The second kappa shape index (κ2) is 6.45. The minimum absolute atomic E-state index is 0.477. The molecular formula is C14H16BrNO3. The fraction of sp³-hybridized carbons (Fsp3) is 0.286. The third-order valence-electron chi connectivity index (χ3n) is 1.85. The maximum atomic E-state index is 11.7. The second-order valence-corrected chi connectivity index (χ2v) is 5.62. The van der Waals surface area contributed by atoms with Gasteiger partial charge in [0.2, 0.25) is 0 Å².